The Morgan fingerprint density at radius 3 is 2.90 bits per heavy atom. The number of aliphatic hydroxyl groups excluding tert-OH is 1. The number of carboxylic acid groups (broad SMARTS) is 1. The summed E-state index contributed by atoms with van der Waals surface area (Å²) in [5.41, 5.74) is 1.77. The summed E-state index contributed by atoms with van der Waals surface area (Å²) in [6.07, 6.45) is 1.28. The Morgan fingerprint density at radius 1 is 1.45 bits per heavy atom. The van der Waals surface area contributed by atoms with Gasteiger partial charge >= 0.3 is 5.97 Å². The molecule has 0 aliphatic carbocycles. The number of aromatic carboxylic acids is 1. The average molecular weight is 278 g/mol. The Bertz CT molecular complexity index is 606. The van der Waals surface area contributed by atoms with E-state index in [1.807, 2.05) is 4.57 Å². The summed E-state index contributed by atoms with van der Waals surface area (Å²) in [5.74, 6) is -0.121. The van der Waals surface area contributed by atoms with Crippen LogP contribution in [0.4, 0.5) is 0 Å². The highest BCUT2D eigenvalue weighted by Crippen LogP contribution is 2.19. The highest BCUT2D eigenvalue weighted by atomic mass is 16.5. The highest BCUT2D eigenvalue weighted by molar-refractivity contribution is 5.92. The van der Waals surface area contributed by atoms with Crippen molar-refractivity contribution in [3.05, 3.63) is 29.6 Å². The number of ether oxygens (including phenoxy) is 1. The molecule has 0 bridgehead atoms. The van der Waals surface area contributed by atoms with Gasteiger partial charge in [0.1, 0.15) is 5.82 Å². The molecule has 1 aromatic carbocycles. The zero-order chi connectivity index (χ0) is 14.5. The molecule has 20 heavy (non-hydrogen) atoms. The number of nitrogens with zero attached hydrogens (tertiary/aromatic N) is 2. The fourth-order valence-electron chi connectivity index (χ4n) is 2.17. The van der Waals surface area contributed by atoms with Gasteiger partial charge < -0.3 is 19.5 Å². The van der Waals surface area contributed by atoms with Crippen molar-refractivity contribution in [3.63, 3.8) is 0 Å². The third-order valence-corrected chi connectivity index (χ3v) is 3.15. The van der Waals surface area contributed by atoms with Crippen molar-refractivity contribution in [2.24, 2.45) is 0 Å². The number of benzene rings is 1. The first-order chi connectivity index (χ1) is 9.67. The van der Waals surface area contributed by atoms with Gasteiger partial charge in [0.2, 0.25) is 0 Å². The van der Waals surface area contributed by atoms with Crippen molar-refractivity contribution >= 4 is 17.0 Å². The SMILES string of the molecule is COCCn1c(CCCO)nc2cc(C(=O)O)ccc21. The molecular formula is C14H18N2O4. The van der Waals surface area contributed by atoms with Gasteiger partial charge in [0.15, 0.2) is 0 Å². The van der Waals surface area contributed by atoms with Crippen LogP contribution in [0.2, 0.25) is 0 Å². The summed E-state index contributed by atoms with van der Waals surface area (Å²) < 4.78 is 7.11. The van der Waals surface area contributed by atoms with Crippen LogP contribution in [0.1, 0.15) is 22.6 Å². The summed E-state index contributed by atoms with van der Waals surface area (Å²) in [5, 5.41) is 18.0. The third kappa shape index (κ3) is 2.97. The van der Waals surface area contributed by atoms with Crippen LogP contribution in [0.5, 0.6) is 0 Å². The maximum absolute atomic E-state index is 11.0. The summed E-state index contributed by atoms with van der Waals surface area (Å²) in [6.45, 7) is 1.31. The van der Waals surface area contributed by atoms with Crippen LogP contribution in [0, 0.1) is 0 Å². The Labute approximate surface area is 116 Å². The van der Waals surface area contributed by atoms with Crippen LogP contribution >= 0.6 is 0 Å². The Morgan fingerprint density at radius 2 is 2.25 bits per heavy atom. The van der Waals surface area contributed by atoms with Crippen molar-refractivity contribution < 1.29 is 19.7 Å². The van der Waals surface area contributed by atoms with Gasteiger partial charge in [-0.2, -0.15) is 0 Å². The van der Waals surface area contributed by atoms with E-state index < -0.39 is 5.97 Å². The smallest absolute Gasteiger partial charge is 0.335 e. The Hall–Kier alpha value is -1.92. The first-order valence-electron chi connectivity index (χ1n) is 6.49. The Balaban J connectivity index is 2.44. The first-order valence-corrected chi connectivity index (χ1v) is 6.49. The molecule has 2 N–H and O–H groups in total. The normalized spacial score (nSPS) is 11.1. The minimum atomic E-state index is -0.963. The predicted molar refractivity (Wildman–Crippen MR) is 74.0 cm³/mol. The van der Waals surface area contributed by atoms with Crippen LogP contribution in [0.15, 0.2) is 18.2 Å². The van der Waals surface area contributed by atoms with Crippen LogP contribution in [-0.2, 0) is 17.7 Å². The monoisotopic (exact) mass is 278 g/mol. The number of rotatable bonds is 7. The number of imidazole rings is 1. The molecule has 6 nitrogen and oxygen atoms in total. The largest absolute Gasteiger partial charge is 0.478 e. The van der Waals surface area contributed by atoms with Gasteiger partial charge in [0, 0.05) is 26.7 Å². The highest BCUT2D eigenvalue weighted by Gasteiger charge is 2.12. The molecule has 1 aromatic heterocycles. The fraction of sp³-hybridized carbons (Fsp3) is 0.429. The van der Waals surface area contributed by atoms with E-state index in [-0.39, 0.29) is 12.2 Å². The number of hydrogen-bond donors (Lipinski definition) is 2. The van der Waals surface area contributed by atoms with E-state index in [9.17, 15) is 4.79 Å². The lowest BCUT2D eigenvalue weighted by Crippen LogP contribution is -2.09. The maximum atomic E-state index is 11.0. The van der Waals surface area contributed by atoms with E-state index in [1.54, 1.807) is 25.3 Å². The van der Waals surface area contributed by atoms with Crippen LogP contribution in [-0.4, -0.2) is 46.1 Å². The molecule has 0 amide bonds. The summed E-state index contributed by atoms with van der Waals surface area (Å²) in [7, 11) is 1.63. The molecule has 108 valence electrons. The second kappa shape index (κ2) is 6.49. The number of carboxylic acids is 1. The number of aromatic nitrogens is 2. The van der Waals surface area contributed by atoms with E-state index in [2.05, 4.69) is 4.98 Å². The van der Waals surface area contributed by atoms with Crippen molar-refractivity contribution in [2.45, 2.75) is 19.4 Å². The zero-order valence-electron chi connectivity index (χ0n) is 11.4. The van der Waals surface area contributed by atoms with Crippen LogP contribution < -0.4 is 0 Å². The second-order valence-corrected chi connectivity index (χ2v) is 4.51. The van der Waals surface area contributed by atoms with Crippen molar-refractivity contribution in [2.75, 3.05) is 20.3 Å². The molecule has 0 fully saturated rings. The minimum Gasteiger partial charge on any atom is -0.478 e. The van der Waals surface area contributed by atoms with E-state index in [0.29, 0.717) is 31.5 Å². The molecule has 0 saturated heterocycles. The number of hydrogen-bond acceptors (Lipinski definition) is 4. The molecule has 0 radical (unpaired) electrons. The fourth-order valence-corrected chi connectivity index (χ4v) is 2.17. The van der Waals surface area contributed by atoms with Crippen molar-refractivity contribution in [3.8, 4) is 0 Å². The summed E-state index contributed by atoms with van der Waals surface area (Å²) in [4.78, 5) is 15.5. The summed E-state index contributed by atoms with van der Waals surface area (Å²) in [6, 6.07) is 4.92. The van der Waals surface area contributed by atoms with Crippen LogP contribution in [0.3, 0.4) is 0 Å². The molecule has 2 rings (SSSR count). The molecule has 0 aliphatic heterocycles. The van der Waals surface area contributed by atoms with Crippen molar-refractivity contribution in [1.29, 1.82) is 0 Å². The van der Waals surface area contributed by atoms with Gasteiger partial charge in [-0.25, -0.2) is 9.78 Å². The number of aliphatic hydroxyl groups is 1. The topological polar surface area (TPSA) is 84.6 Å². The van der Waals surface area contributed by atoms with E-state index >= 15 is 0 Å². The molecule has 6 heteroatoms. The number of methoxy groups -OCH3 is 1. The maximum Gasteiger partial charge on any atom is 0.335 e. The molecule has 0 atom stereocenters. The Kier molecular flexibility index (Phi) is 4.70. The van der Waals surface area contributed by atoms with Gasteiger partial charge in [-0.1, -0.05) is 0 Å². The van der Waals surface area contributed by atoms with Gasteiger partial charge in [-0.3, -0.25) is 0 Å². The van der Waals surface area contributed by atoms with Crippen LogP contribution in [0.25, 0.3) is 11.0 Å². The van der Waals surface area contributed by atoms with E-state index in [4.69, 9.17) is 14.9 Å². The third-order valence-electron chi connectivity index (χ3n) is 3.15. The molecule has 0 saturated carbocycles. The standard InChI is InChI=1S/C14H18N2O4/c1-20-8-6-16-12-5-4-10(14(18)19)9-11(12)15-13(16)3-2-7-17/h4-5,9,17H,2-3,6-8H2,1H3,(H,18,19). The lowest BCUT2D eigenvalue weighted by atomic mass is 10.2. The van der Waals surface area contributed by atoms with E-state index in [1.165, 1.54) is 0 Å². The van der Waals surface area contributed by atoms with Gasteiger partial charge in [-0.15, -0.1) is 0 Å². The lowest BCUT2D eigenvalue weighted by Gasteiger charge is -2.08. The zero-order valence-corrected chi connectivity index (χ0v) is 11.4. The molecular weight excluding hydrogens is 260 g/mol. The first kappa shape index (κ1) is 14.5. The molecule has 0 aliphatic rings. The van der Waals surface area contributed by atoms with Crippen molar-refractivity contribution in [1.82, 2.24) is 9.55 Å². The van der Waals surface area contributed by atoms with Gasteiger partial charge in [0.05, 0.1) is 23.2 Å². The molecule has 0 unspecified atom stereocenters. The molecule has 2 aromatic rings. The quantitative estimate of drug-likeness (QED) is 0.797. The average Bonchev–Trinajstić information content (AvgIpc) is 2.79. The predicted octanol–water partition coefficient (Wildman–Crippen LogP) is 1.31. The lowest BCUT2D eigenvalue weighted by molar-refractivity contribution is 0.0697. The summed E-state index contributed by atoms with van der Waals surface area (Å²) >= 11 is 0. The van der Waals surface area contributed by atoms with Gasteiger partial charge in [-0.05, 0) is 24.6 Å². The van der Waals surface area contributed by atoms with Gasteiger partial charge in [0.25, 0.3) is 0 Å². The number of fused-ring (bicyclic) bond motifs is 1. The second-order valence-electron chi connectivity index (χ2n) is 4.51. The number of carbonyl (C=O) groups is 1. The number of aryl methyl sites for hydroxylation is 1. The molecule has 0 spiro atoms. The molecule has 1 heterocycles. The minimum absolute atomic E-state index is 0.105. The van der Waals surface area contributed by atoms with E-state index in [0.717, 1.165) is 11.3 Å².